The molecular formula is C52H68O3Si4. The zero-order valence-electron chi connectivity index (χ0n) is 37.3. The molecule has 3 atom stereocenters. The summed E-state index contributed by atoms with van der Waals surface area (Å²) in [4.78, 5) is 0. The third-order valence-electron chi connectivity index (χ3n) is 10.2. The molecule has 0 bridgehead atoms. The Bertz CT molecular complexity index is 2060. The number of benzene rings is 5. The second kappa shape index (κ2) is 25.4. The van der Waals surface area contributed by atoms with Crippen molar-refractivity contribution in [1.82, 2.24) is 0 Å². The van der Waals surface area contributed by atoms with Crippen LogP contribution in [0.25, 0.3) is 18.2 Å². The van der Waals surface area contributed by atoms with Crippen molar-refractivity contribution < 1.29 is 13.3 Å². The zero-order chi connectivity index (χ0) is 43.3. The van der Waals surface area contributed by atoms with Crippen LogP contribution in [0, 0.1) is 0 Å². The van der Waals surface area contributed by atoms with E-state index in [1.807, 2.05) is 0 Å². The highest BCUT2D eigenvalue weighted by Gasteiger charge is 2.34. The van der Waals surface area contributed by atoms with Gasteiger partial charge in [-0.2, -0.15) is 0 Å². The van der Waals surface area contributed by atoms with Crippen molar-refractivity contribution in [3.05, 3.63) is 186 Å². The molecule has 0 fully saturated rings. The van der Waals surface area contributed by atoms with Gasteiger partial charge in [-0.25, -0.2) is 0 Å². The molecule has 5 aromatic carbocycles. The van der Waals surface area contributed by atoms with Crippen molar-refractivity contribution in [1.29, 1.82) is 0 Å². The Hall–Kier alpha value is -4.25. The minimum atomic E-state index is -1.97. The molecule has 0 aromatic heterocycles. The van der Waals surface area contributed by atoms with Gasteiger partial charge < -0.3 is 13.3 Å². The van der Waals surface area contributed by atoms with Gasteiger partial charge in [-0.3, -0.25) is 0 Å². The number of rotatable bonds is 16. The molecule has 0 radical (unpaired) electrons. The summed E-state index contributed by atoms with van der Waals surface area (Å²) >= 11 is 0. The summed E-state index contributed by atoms with van der Waals surface area (Å²) in [6, 6.07) is 50.8. The van der Waals surface area contributed by atoms with Gasteiger partial charge in [0.15, 0.2) is 0 Å². The van der Waals surface area contributed by atoms with Crippen LogP contribution in [-0.2, 0) is 13.3 Å². The summed E-state index contributed by atoms with van der Waals surface area (Å²) < 4.78 is 25.9. The van der Waals surface area contributed by atoms with Crippen LogP contribution in [0.3, 0.4) is 0 Å². The molecular weight excluding hydrogens is 785 g/mol. The Morgan fingerprint density at radius 1 is 0.508 bits per heavy atom. The number of hydrogen-bond donors (Lipinski definition) is 0. The fourth-order valence-electron chi connectivity index (χ4n) is 7.11. The van der Waals surface area contributed by atoms with Gasteiger partial charge in [-0.1, -0.05) is 183 Å². The highest BCUT2D eigenvalue weighted by atomic mass is 28.4. The Balaban J connectivity index is 0.00000107. The zero-order valence-corrected chi connectivity index (χ0v) is 41.3. The predicted octanol–water partition coefficient (Wildman–Crippen LogP) is 13.5. The van der Waals surface area contributed by atoms with Gasteiger partial charge in [-0.05, 0) is 128 Å². The first kappa shape index (κ1) is 49.1. The largest absolute Gasteiger partial charge is 0.410 e. The Labute approximate surface area is 362 Å². The van der Waals surface area contributed by atoms with Crippen LogP contribution in [-0.4, -0.2) is 39.9 Å². The van der Waals surface area contributed by atoms with E-state index in [1.165, 1.54) is 38.2 Å². The normalized spacial score (nSPS) is 13.3. The third-order valence-corrected chi connectivity index (χ3v) is 17.0. The van der Waals surface area contributed by atoms with Gasteiger partial charge in [0, 0.05) is 6.10 Å². The summed E-state index contributed by atoms with van der Waals surface area (Å²) in [7, 11) is -6.05. The molecule has 59 heavy (non-hydrogen) atoms. The van der Waals surface area contributed by atoms with Gasteiger partial charge in [0.1, 0.15) is 0 Å². The summed E-state index contributed by atoms with van der Waals surface area (Å²) in [5, 5.41) is 2.84. The lowest BCUT2D eigenvalue weighted by atomic mass is 9.97. The standard InChI is InChI=1S/C48H56OSi2.2C2H6OSi/c1-39(44-27-11-7-12-28-44)22-19-24-41-36-42(25-20-23-40(2)49-51(5,6)47-33-17-10-18-34-47)38-43(37-41)26-21-35-48(45-29-13-8-14-30-45)50(3,4)46-31-15-9-16-32-46;2*1-4(2)3/h7-21,24-34,36-40,48H,22-23,35H2,1-6H3;2*1-2H3. The van der Waals surface area contributed by atoms with Crippen LogP contribution in [0.5, 0.6) is 0 Å². The van der Waals surface area contributed by atoms with Gasteiger partial charge >= 0.3 is 0 Å². The molecule has 0 heterocycles. The molecule has 3 unspecified atom stereocenters. The second-order valence-corrected chi connectivity index (χ2v) is 29.0. The highest BCUT2D eigenvalue weighted by molar-refractivity contribution is 6.91. The van der Waals surface area contributed by atoms with Crippen LogP contribution >= 0.6 is 0 Å². The van der Waals surface area contributed by atoms with Crippen LogP contribution in [0.15, 0.2) is 158 Å². The molecule has 7 heteroatoms. The Morgan fingerprint density at radius 2 is 0.864 bits per heavy atom. The molecule has 0 amide bonds. The molecule has 0 saturated carbocycles. The third kappa shape index (κ3) is 18.3. The maximum absolute atomic E-state index is 9.63. The molecule has 0 saturated heterocycles. The van der Waals surface area contributed by atoms with E-state index in [4.69, 9.17) is 4.43 Å². The van der Waals surface area contributed by atoms with Crippen molar-refractivity contribution in [3.8, 4) is 0 Å². The smallest absolute Gasteiger partial charge is 0.270 e. The Kier molecular flexibility index (Phi) is 21.1. The highest BCUT2D eigenvalue weighted by Crippen LogP contribution is 2.31. The first-order valence-electron chi connectivity index (χ1n) is 21.1. The number of allylic oxidation sites excluding steroid dienone is 2. The average Bonchev–Trinajstić information content (AvgIpc) is 3.20. The van der Waals surface area contributed by atoms with Crippen molar-refractivity contribution in [2.24, 2.45) is 0 Å². The Morgan fingerprint density at radius 3 is 1.31 bits per heavy atom. The molecule has 0 spiro atoms. The molecule has 0 aliphatic rings. The summed E-state index contributed by atoms with van der Waals surface area (Å²) in [5.74, 6) is 0.474. The fraction of sp³-hybridized carbons (Fsp3) is 0.308. The molecule has 5 aromatic rings. The molecule has 0 N–H and O–H groups in total. The monoisotopic (exact) mass is 852 g/mol. The summed E-state index contributed by atoms with van der Waals surface area (Å²) in [6.45, 7) is 21.0. The van der Waals surface area contributed by atoms with Crippen molar-refractivity contribution in [3.63, 3.8) is 0 Å². The number of hydrogen-bond acceptors (Lipinski definition) is 3. The van der Waals surface area contributed by atoms with E-state index in [9.17, 15) is 8.92 Å². The fourth-order valence-corrected chi connectivity index (χ4v) is 12.6. The van der Waals surface area contributed by atoms with E-state index >= 15 is 0 Å². The second-order valence-electron chi connectivity index (χ2n) is 16.8. The molecule has 3 nitrogen and oxygen atoms in total. The molecule has 310 valence electrons. The van der Waals surface area contributed by atoms with Crippen LogP contribution in [0.1, 0.15) is 72.4 Å². The van der Waals surface area contributed by atoms with Crippen LogP contribution in [0.4, 0.5) is 0 Å². The minimum absolute atomic E-state index is 0.150. The maximum atomic E-state index is 9.63. The van der Waals surface area contributed by atoms with E-state index in [2.05, 4.69) is 216 Å². The average molecular weight is 853 g/mol. The van der Waals surface area contributed by atoms with E-state index in [-0.39, 0.29) is 6.10 Å². The first-order valence-corrected chi connectivity index (χ1v) is 31.9. The van der Waals surface area contributed by atoms with Crippen molar-refractivity contribution in [2.75, 3.05) is 0 Å². The first-order chi connectivity index (χ1) is 28.1. The van der Waals surface area contributed by atoms with Gasteiger partial charge in [0.2, 0.25) is 8.32 Å². The molecule has 0 aliphatic carbocycles. The van der Waals surface area contributed by atoms with E-state index in [1.54, 1.807) is 26.2 Å². The minimum Gasteiger partial charge on any atom is -0.410 e. The topological polar surface area (TPSA) is 43.4 Å². The van der Waals surface area contributed by atoms with Gasteiger partial charge in [0.05, 0.1) is 8.07 Å². The predicted molar refractivity (Wildman–Crippen MR) is 265 cm³/mol. The summed E-state index contributed by atoms with van der Waals surface area (Å²) in [5.41, 5.74) is 6.98. The van der Waals surface area contributed by atoms with E-state index in [0.29, 0.717) is 11.5 Å². The lowest BCUT2D eigenvalue weighted by molar-refractivity contribution is 0.221. The van der Waals surface area contributed by atoms with Crippen LogP contribution < -0.4 is 10.4 Å². The van der Waals surface area contributed by atoms with E-state index < -0.39 is 33.8 Å². The molecule has 0 aliphatic heterocycles. The lowest BCUT2D eigenvalue weighted by Gasteiger charge is -2.33. The van der Waals surface area contributed by atoms with E-state index in [0.717, 1.165) is 19.3 Å². The lowest BCUT2D eigenvalue weighted by Crippen LogP contribution is -2.47. The van der Waals surface area contributed by atoms with Gasteiger partial charge in [-0.15, -0.1) is 0 Å². The maximum Gasteiger partial charge on any atom is 0.270 e. The van der Waals surface area contributed by atoms with Gasteiger partial charge in [0.25, 0.3) is 17.4 Å². The SMILES string of the molecule is CC(CC=Cc1cc(C=CCC(C)c2ccccc2)cc(C=CCC(c2ccccc2)[Si](C)(C)c2ccccc2)c1)O[Si](C)(C)c1ccccc1.C[Si](C)=O.C[Si](C)=O. The van der Waals surface area contributed by atoms with Crippen molar-refractivity contribution in [2.45, 2.75) is 103 Å². The van der Waals surface area contributed by atoms with Crippen LogP contribution in [0.2, 0.25) is 52.4 Å². The molecule has 5 rings (SSSR count). The van der Waals surface area contributed by atoms with Crippen molar-refractivity contribution >= 4 is 62.4 Å². The quantitative estimate of drug-likeness (QED) is 0.0929. The summed E-state index contributed by atoms with van der Waals surface area (Å²) in [6.07, 6.45) is 17.0.